The van der Waals surface area contributed by atoms with Gasteiger partial charge in [0, 0.05) is 19.3 Å². The van der Waals surface area contributed by atoms with Crippen LogP contribution in [0.5, 0.6) is 0 Å². The topological polar surface area (TPSA) is 84.2 Å². The fourth-order valence-corrected chi connectivity index (χ4v) is 2.32. The lowest BCUT2D eigenvalue weighted by atomic mass is 10.2. The highest BCUT2D eigenvalue weighted by Gasteiger charge is 2.31. The second kappa shape index (κ2) is 7.98. The van der Waals surface area contributed by atoms with Gasteiger partial charge >= 0.3 is 11.9 Å². The average molecular weight is 369 g/mol. The molecule has 2 rings (SSSR count). The van der Waals surface area contributed by atoms with Gasteiger partial charge < -0.3 is 10.2 Å². The van der Waals surface area contributed by atoms with Crippen LogP contribution in [0.4, 0.5) is 36.2 Å². The minimum absolute atomic E-state index is 0.0452. The minimum Gasteiger partial charge on any atom is -0.354 e. The van der Waals surface area contributed by atoms with E-state index in [-0.39, 0.29) is 23.0 Å². The van der Waals surface area contributed by atoms with E-state index >= 15 is 0 Å². The Bertz CT molecular complexity index is 783. The number of benzene rings is 1. The quantitative estimate of drug-likeness (QED) is 0.576. The van der Waals surface area contributed by atoms with E-state index in [9.17, 15) is 23.3 Å². The maximum atomic E-state index is 12.8. The zero-order valence-electron chi connectivity index (χ0n) is 14.2. The number of nitro groups is 1. The van der Waals surface area contributed by atoms with Crippen molar-refractivity contribution in [3.63, 3.8) is 0 Å². The van der Waals surface area contributed by atoms with E-state index in [1.807, 2.05) is 6.92 Å². The van der Waals surface area contributed by atoms with Crippen LogP contribution >= 0.6 is 0 Å². The lowest BCUT2D eigenvalue weighted by molar-refractivity contribution is -0.383. The lowest BCUT2D eigenvalue weighted by Gasteiger charge is -2.18. The molecule has 0 saturated carbocycles. The zero-order valence-corrected chi connectivity index (χ0v) is 14.2. The van der Waals surface area contributed by atoms with Gasteiger partial charge in [-0.15, -0.1) is 0 Å². The van der Waals surface area contributed by atoms with Crippen LogP contribution in [0.25, 0.3) is 0 Å². The highest BCUT2D eigenvalue weighted by molar-refractivity contribution is 5.74. The van der Waals surface area contributed by atoms with E-state index in [0.29, 0.717) is 6.54 Å². The van der Waals surface area contributed by atoms with Gasteiger partial charge in [-0.25, -0.2) is 9.97 Å². The number of unbranched alkanes of at least 4 members (excludes halogenated alkanes) is 1. The van der Waals surface area contributed by atoms with Crippen LogP contribution in [-0.4, -0.2) is 28.5 Å². The first kappa shape index (κ1) is 19.4. The minimum atomic E-state index is -4.51. The van der Waals surface area contributed by atoms with Crippen molar-refractivity contribution < 1.29 is 18.1 Å². The van der Waals surface area contributed by atoms with Crippen molar-refractivity contribution in [2.75, 3.05) is 23.8 Å². The molecule has 0 saturated heterocycles. The molecule has 0 aliphatic carbocycles. The molecule has 2 aromatic rings. The third-order valence-corrected chi connectivity index (χ3v) is 3.65. The molecule has 10 heteroatoms. The van der Waals surface area contributed by atoms with Crippen LogP contribution in [0.2, 0.25) is 0 Å². The molecule has 1 N–H and O–H groups in total. The van der Waals surface area contributed by atoms with Crippen molar-refractivity contribution in [2.45, 2.75) is 25.9 Å². The summed E-state index contributed by atoms with van der Waals surface area (Å²) in [5.74, 6) is -0.0596. The molecule has 1 aromatic carbocycles. The Labute approximate surface area is 148 Å². The van der Waals surface area contributed by atoms with Gasteiger partial charge in [0.1, 0.15) is 6.33 Å². The second-order valence-electron chi connectivity index (χ2n) is 5.63. The first-order valence-corrected chi connectivity index (χ1v) is 7.88. The number of hydrogen-bond donors (Lipinski definition) is 1. The summed E-state index contributed by atoms with van der Waals surface area (Å²) in [5, 5.41) is 14.1. The fourth-order valence-electron chi connectivity index (χ4n) is 2.32. The van der Waals surface area contributed by atoms with Crippen LogP contribution in [0.3, 0.4) is 0 Å². The van der Waals surface area contributed by atoms with Gasteiger partial charge in [-0.05, 0) is 24.6 Å². The summed E-state index contributed by atoms with van der Waals surface area (Å²) in [6, 6.07) is 4.38. The Morgan fingerprint density at radius 3 is 2.65 bits per heavy atom. The van der Waals surface area contributed by atoms with E-state index in [4.69, 9.17) is 0 Å². The number of nitrogens with zero attached hydrogens (tertiary/aromatic N) is 4. The van der Waals surface area contributed by atoms with Gasteiger partial charge in [0.05, 0.1) is 10.5 Å². The Kier molecular flexibility index (Phi) is 5.96. The van der Waals surface area contributed by atoms with Crippen LogP contribution in [0.15, 0.2) is 30.6 Å². The molecule has 140 valence electrons. The lowest BCUT2D eigenvalue weighted by Crippen LogP contribution is -2.21. The summed E-state index contributed by atoms with van der Waals surface area (Å²) < 4.78 is 38.5. The van der Waals surface area contributed by atoms with Crippen molar-refractivity contribution in [2.24, 2.45) is 0 Å². The number of halogens is 3. The molecule has 0 atom stereocenters. The van der Waals surface area contributed by atoms with Crippen molar-refractivity contribution in [3.05, 3.63) is 46.3 Å². The van der Waals surface area contributed by atoms with Crippen LogP contribution in [-0.2, 0) is 6.18 Å². The fraction of sp³-hybridized carbons (Fsp3) is 0.375. The Morgan fingerprint density at radius 2 is 2.04 bits per heavy atom. The third kappa shape index (κ3) is 4.58. The standard InChI is InChI=1S/C16H18F3N5O2/c1-3-4-8-23(2)15-13(24(25)26)14(20-10-21-15)22-12-7-5-6-11(9-12)16(17,18)19/h5-7,9-10H,3-4,8H2,1-2H3,(H,20,21,22). The van der Waals surface area contributed by atoms with Crippen LogP contribution in [0, 0.1) is 10.1 Å². The molecular weight excluding hydrogens is 351 g/mol. The number of alkyl halides is 3. The Balaban J connectivity index is 2.39. The number of aromatic nitrogens is 2. The van der Waals surface area contributed by atoms with E-state index < -0.39 is 16.7 Å². The molecule has 1 heterocycles. The zero-order chi connectivity index (χ0) is 19.3. The first-order chi connectivity index (χ1) is 12.2. The summed E-state index contributed by atoms with van der Waals surface area (Å²) in [6.45, 7) is 2.54. The molecule has 0 radical (unpaired) electrons. The molecule has 0 bridgehead atoms. The van der Waals surface area contributed by atoms with Crippen LogP contribution in [0.1, 0.15) is 25.3 Å². The van der Waals surface area contributed by atoms with E-state index in [2.05, 4.69) is 15.3 Å². The van der Waals surface area contributed by atoms with Crippen LogP contribution < -0.4 is 10.2 Å². The monoisotopic (exact) mass is 369 g/mol. The number of nitrogens with one attached hydrogen (secondary N) is 1. The molecule has 7 nitrogen and oxygen atoms in total. The molecule has 0 fully saturated rings. The van der Waals surface area contributed by atoms with Gasteiger partial charge in [-0.2, -0.15) is 13.2 Å². The number of anilines is 3. The highest BCUT2D eigenvalue weighted by atomic mass is 19.4. The molecule has 0 aliphatic rings. The van der Waals surface area contributed by atoms with Crippen molar-refractivity contribution in [3.8, 4) is 0 Å². The number of rotatable bonds is 7. The normalized spacial score (nSPS) is 11.3. The van der Waals surface area contributed by atoms with Gasteiger partial charge in [0.2, 0.25) is 11.6 Å². The molecule has 1 aromatic heterocycles. The SMILES string of the molecule is CCCCN(C)c1ncnc(Nc2cccc(C(F)(F)F)c2)c1[N+](=O)[O-]. The van der Waals surface area contributed by atoms with Gasteiger partial charge in [0.15, 0.2) is 0 Å². The Morgan fingerprint density at radius 1 is 1.31 bits per heavy atom. The summed E-state index contributed by atoms with van der Waals surface area (Å²) in [7, 11) is 1.67. The van der Waals surface area contributed by atoms with Gasteiger partial charge in [-0.1, -0.05) is 19.4 Å². The maximum absolute atomic E-state index is 12.8. The molecule has 0 unspecified atom stereocenters. The molecular formula is C16H18F3N5O2. The summed E-state index contributed by atoms with van der Waals surface area (Å²) in [5.41, 5.74) is -1.20. The number of hydrogen-bond acceptors (Lipinski definition) is 6. The summed E-state index contributed by atoms with van der Waals surface area (Å²) >= 11 is 0. The van der Waals surface area contributed by atoms with Crippen molar-refractivity contribution >= 4 is 23.0 Å². The van der Waals surface area contributed by atoms with E-state index in [0.717, 1.165) is 31.3 Å². The molecule has 0 amide bonds. The highest BCUT2D eigenvalue weighted by Crippen LogP contribution is 2.35. The average Bonchev–Trinajstić information content (AvgIpc) is 2.58. The van der Waals surface area contributed by atoms with Crippen molar-refractivity contribution in [1.82, 2.24) is 9.97 Å². The first-order valence-electron chi connectivity index (χ1n) is 7.88. The van der Waals surface area contributed by atoms with Gasteiger partial charge in [-0.3, -0.25) is 10.1 Å². The van der Waals surface area contributed by atoms with Crippen molar-refractivity contribution in [1.29, 1.82) is 0 Å². The molecule has 0 spiro atoms. The summed E-state index contributed by atoms with van der Waals surface area (Å²) in [6.07, 6.45) is -1.66. The third-order valence-electron chi connectivity index (χ3n) is 3.65. The van der Waals surface area contributed by atoms with Gasteiger partial charge in [0.25, 0.3) is 0 Å². The summed E-state index contributed by atoms with van der Waals surface area (Å²) in [4.78, 5) is 20.3. The second-order valence-corrected chi connectivity index (χ2v) is 5.63. The molecule has 26 heavy (non-hydrogen) atoms. The smallest absolute Gasteiger partial charge is 0.354 e. The Hall–Kier alpha value is -2.91. The van der Waals surface area contributed by atoms with E-state index in [1.165, 1.54) is 12.1 Å². The predicted octanol–water partition coefficient (Wildman–Crippen LogP) is 4.38. The van der Waals surface area contributed by atoms with E-state index in [1.54, 1.807) is 11.9 Å². The maximum Gasteiger partial charge on any atom is 0.416 e. The molecule has 0 aliphatic heterocycles. The predicted molar refractivity (Wildman–Crippen MR) is 91.6 cm³/mol. The largest absolute Gasteiger partial charge is 0.416 e.